The number of esters is 3. The van der Waals surface area contributed by atoms with E-state index in [9.17, 15) is 14.4 Å². The van der Waals surface area contributed by atoms with Gasteiger partial charge in [-0.2, -0.15) is 0 Å². The van der Waals surface area contributed by atoms with E-state index in [2.05, 4.69) is 93.7 Å². The smallest absolute Gasteiger partial charge is 0.306 e. The second-order valence-electron chi connectivity index (χ2n) is 24.1. The first kappa shape index (κ1) is 78.8. The van der Waals surface area contributed by atoms with Crippen LogP contribution in [0.15, 0.2) is 72.9 Å². The van der Waals surface area contributed by atoms with Crippen molar-refractivity contribution >= 4 is 17.9 Å². The number of hydrogen-bond acceptors (Lipinski definition) is 6. The molecule has 0 aromatic carbocycles. The Balaban J connectivity index is 4.14. The molecule has 0 aromatic heterocycles. The summed E-state index contributed by atoms with van der Waals surface area (Å²) in [5.74, 6) is -0.850. The van der Waals surface area contributed by atoms with Crippen LogP contribution in [0.3, 0.4) is 0 Å². The summed E-state index contributed by atoms with van der Waals surface area (Å²) in [7, 11) is 0. The fraction of sp³-hybridized carbons (Fsp3) is 0.803. The van der Waals surface area contributed by atoms with Gasteiger partial charge in [-0.05, 0) is 89.9 Å². The van der Waals surface area contributed by atoms with Gasteiger partial charge in [-0.3, -0.25) is 14.4 Å². The summed E-state index contributed by atoms with van der Waals surface area (Å²) in [5.41, 5.74) is 0. The molecule has 0 radical (unpaired) electrons. The summed E-state index contributed by atoms with van der Waals surface area (Å²) in [6.45, 7) is 6.56. The summed E-state index contributed by atoms with van der Waals surface area (Å²) in [4.78, 5) is 38.4. The van der Waals surface area contributed by atoms with Gasteiger partial charge in [0.25, 0.3) is 0 Å². The molecule has 0 spiro atoms. The number of ether oxygens (including phenoxy) is 3. The zero-order chi connectivity index (χ0) is 59.2. The molecule has 0 aliphatic heterocycles. The van der Waals surface area contributed by atoms with Gasteiger partial charge < -0.3 is 14.2 Å². The average molecular weight is 1150 g/mol. The molecule has 0 saturated heterocycles. The van der Waals surface area contributed by atoms with E-state index in [1.807, 2.05) is 0 Å². The number of carbonyl (C=O) groups excluding carboxylic acids is 3. The molecule has 0 saturated carbocycles. The molecule has 1 atom stereocenters. The maximum absolute atomic E-state index is 12.9. The third kappa shape index (κ3) is 67.6. The van der Waals surface area contributed by atoms with Crippen molar-refractivity contribution in [2.45, 2.75) is 380 Å². The average Bonchev–Trinajstić information content (AvgIpc) is 3.48. The number of rotatable bonds is 66. The Kier molecular flexibility index (Phi) is 67.6. The zero-order valence-electron chi connectivity index (χ0n) is 54.8. The molecule has 0 bridgehead atoms. The van der Waals surface area contributed by atoms with Crippen molar-refractivity contribution in [3.05, 3.63) is 72.9 Å². The van der Waals surface area contributed by atoms with Crippen LogP contribution in [-0.2, 0) is 28.6 Å². The molecule has 0 aromatic rings. The Morgan fingerprint density at radius 2 is 0.476 bits per heavy atom. The summed E-state index contributed by atoms with van der Waals surface area (Å²) in [5, 5.41) is 0. The Labute approximate surface area is 510 Å². The minimum atomic E-state index is -0.773. The SMILES string of the molecule is CC/C=C\C/C=C\C/C=C\C/C=C\CCCCCCCCCCCCCCCCCCC(=O)OCC(COC(=O)CCCCCCCCCCCC)OC(=O)CCCCCCCCCCCCCCC/C=C\C/C=C\CCCCCCC. The molecule has 0 amide bonds. The predicted molar refractivity (Wildman–Crippen MR) is 358 cm³/mol. The molecule has 0 aliphatic rings. The van der Waals surface area contributed by atoms with Crippen molar-refractivity contribution in [1.29, 1.82) is 0 Å². The van der Waals surface area contributed by atoms with Gasteiger partial charge in [0.2, 0.25) is 0 Å². The van der Waals surface area contributed by atoms with Crippen LogP contribution in [0.2, 0.25) is 0 Å². The van der Waals surface area contributed by atoms with E-state index in [1.54, 1.807) is 0 Å². The van der Waals surface area contributed by atoms with Crippen LogP contribution in [0.1, 0.15) is 374 Å². The van der Waals surface area contributed by atoms with E-state index >= 15 is 0 Å². The monoisotopic (exact) mass is 1150 g/mol. The van der Waals surface area contributed by atoms with Gasteiger partial charge in [-0.15, -0.1) is 0 Å². The van der Waals surface area contributed by atoms with Crippen LogP contribution in [0.25, 0.3) is 0 Å². The van der Waals surface area contributed by atoms with Gasteiger partial charge >= 0.3 is 17.9 Å². The van der Waals surface area contributed by atoms with Crippen LogP contribution >= 0.6 is 0 Å². The molecular weight excluding hydrogens is 1010 g/mol. The van der Waals surface area contributed by atoms with E-state index in [0.717, 1.165) is 89.9 Å². The number of hydrogen-bond donors (Lipinski definition) is 0. The highest BCUT2D eigenvalue weighted by atomic mass is 16.6. The van der Waals surface area contributed by atoms with Gasteiger partial charge in [-0.1, -0.05) is 338 Å². The largest absolute Gasteiger partial charge is 0.462 e. The Bertz CT molecular complexity index is 1500. The maximum Gasteiger partial charge on any atom is 0.306 e. The van der Waals surface area contributed by atoms with E-state index in [4.69, 9.17) is 14.2 Å². The maximum atomic E-state index is 12.9. The van der Waals surface area contributed by atoms with Gasteiger partial charge in [0.05, 0.1) is 0 Å². The van der Waals surface area contributed by atoms with Gasteiger partial charge in [0.1, 0.15) is 13.2 Å². The van der Waals surface area contributed by atoms with Crippen molar-refractivity contribution < 1.29 is 28.6 Å². The first-order chi connectivity index (χ1) is 40.5. The minimum Gasteiger partial charge on any atom is -0.462 e. The fourth-order valence-electron chi connectivity index (χ4n) is 10.6. The molecular formula is C76H136O6. The quantitative estimate of drug-likeness (QED) is 0.0261. The summed E-state index contributed by atoms with van der Waals surface area (Å²) >= 11 is 0. The van der Waals surface area contributed by atoms with Crippen molar-refractivity contribution in [1.82, 2.24) is 0 Å². The summed E-state index contributed by atoms with van der Waals surface area (Å²) in [6.07, 6.45) is 92.3. The number of carbonyl (C=O) groups is 3. The Morgan fingerprint density at radius 1 is 0.256 bits per heavy atom. The predicted octanol–water partition coefficient (Wildman–Crippen LogP) is 24.8. The molecule has 0 aliphatic carbocycles. The van der Waals surface area contributed by atoms with E-state index in [1.165, 1.54) is 244 Å². The Morgan fingerprint density at radius 3 is 0.744 bits per heavy atom. The lowest BCUT2D eigenvalue weighted by molar-refractivity contribution is -0.167. The molecule has 0 rings (SSSR count). The highest BCUT2D eigenvalue weighted by molar-refractivity contribution is 5.71. The van der Waals surface area contributed by atoms with Crippen LogP contribution in [0.5, 0.6) is 0 Å². The number of unbranched alkanes of at least 4 members (excludes halogenated alkanes) is 43. The van der Waals surface area contributed by atoms with Crippen molar-refractivity contribution in [3.8, 4) is 0 Å². The lowest BCUT2D eigenvalue weighted by atomic mass is 10.0. The van der Waals surface area contributed by atoms with Gasteiger partial charge in [0, 0.05) is 19.3 Å². The second-order valence-corrected chi connectivity index (χ2v) is 24.1. The first-order valence-electron chi connectivity index (χ1n) is 35.9. The molecule has 476 valence electrons. The van der Waals surface area contributed by atoms with Crippen LogP contribution < -0.4 is 0 Å². The van der Waals surface area contributed by atoms with E-state index < -0.39 is 6.10 Å². The molecule has 0 N–H and O–H groups in total. The lowest BCUT2D eigenvalue weighted by Crippen LogP contribution is -2.30. The standard InChI is InChI=1S/C76H136O6/c1-4-7-10-13-16-19-22-24-26-28-30-32-34-36-37-38-39-41-42-44-46-48-50-52-54-57-60-63-66-69-75(78)81-72-73(71-80-74(77)68-65-62-59-56-21-18-15-12-9-6-3)82-76(79)70-67-64-61-58-55-53-51-49-47-45-43-40-35-33-31-29-27-25-23-20-17-14-11-8-5-2/h7,10,16,19,23-26,29-32,73H,4-6,8-9,11-15,17-18,20-22,27-28,33-72H2,1-3H3/b10-7-,19-16-,25-23-,26-24-,31-29-,32-30-. The van der Waals surface area contributed by atoms with Crippen molar-refractivity contribution in [2.24, 2.45) is 0 Å². The minimum absolute atomic E-state index is 0.0700. The van der Waals surface area contributed by atoms with Crippen LogP contribution in [-0.4, -0.2) is 37.2 Å². The topological polar surface area (TPSA) is 78.9 Å². The van der Waals surface area contributed by atoms with E-state index in [0.29, 0.717) is 19.3 Å². The molecule has 1 unspecified atom stereocenters. The lowest BCUT2D eigenvalue weighted by Gasteiger charge is -2.18. The highest BCUT2D eigenvalue weighted by Gasteiger charge is 2.19. The fourth-order valence-corrected chi connectivity index (χ4v) is 10.6. The normalized spacial score (nSPS) is 12.5. The molecule has 82 heavy (non-hydrogen) atoms. The third-order valence-corrected chi connectivity index (χ3v) is 15.9. The summed E-state index contributed by atoms with van der Waals surface area (Å²) in [6, 6.07) is 0. The summed E-state index contributed by atoms with van der Waals surface area (Å²) < 4.78 is 17.0. The van der Waals surface area contributed by atoms with Gasteiger partial charge in [-0.25, -0.2) is 0 Å². The zero-order valence-corrected chi connectivity index (χ0v) is 54.8. The van der Waals surface area contributed by atoms with Gasteiger partial charge in [0.15, 0.2) is 6.10 Å². The molecule has 6 nitrogen and oxygen atoms in total. The van der Waals surface area contributed by atoms with Crippen LogP contribution in [0, 0.1) is 0 Å². The molecule has 0 fully saturated rings. The number of allylic oxidation sites excluding steroid dienone is 12. The van der Waals surface area contributed by atoms with Crippen molar-refractivity contribution in [2.75, 3.05) is 13.2 Å². The third-order valence-electron chi connectivity index (χ3n) is 15.9. The molecule has 0 heterocycles. The highest BCUT2D eigenvalue weighted by Crippen LogP contribution is 2.18. The first-order valence-corrected chi connectivity index (χ1v) is 35.9. The van der Waals surface area contributed by atoms with E-state index in [-0.39, 0.29) is 31.1 Å². The molecule has 6 heteroatoms. The van der Waals surface area contributed by atoms with Crippen molar-refractivity contribution in [3.63, 3.8) is 0 Å². The Hall–Kier alpha value is -3.15. The second kappa shape index (κ2) is 70.3. The van der Waals surface area contributed by atoms with Crippen LogP contribution in [0.4, 0.5) is 0 Å².